The topological polar surface area (TPSA) is 30.5 Å². The lowest BCUT2D eigenvalue weighted by Gasteiger charge is -2.10. The number of aryl methyl sites for hydroxylation is 1. The number of rotatable bonds is 8. The fraction of sp³-hybridized carbons (Fsp3) is 0.571. The number of benzene rings is 1. The highest BCUT2D eigenvalue weighted by Crippen LogP contribution is 2.15. The molecule has 0 amide bonds. The zero-order valence-corrected chi connectivity index (χ0v) is 11.0. The number of hydrogen-bond donors (Lipinski definition) is 1. The van der Waals surface area contributed by atoms with Gasteiger partial charge in [-0.2, -0.15) is 0 Å². The van der Waals surface area contributed by atoms with Crippen molar-refractivity contribution >= 4 is 0 Å². The van der Waals surface area contributed by atoms with E-state index >= 15 is 0 Å². The van der Waals surface area contributed by atoms with E-state index in [-0.39, 0.29) is 0 Å². The third-order valence-electron chi connectivity index (χ3n) is 2.38. The van der Waals surface area contributed by atoms with Crippen LogP contribution in [0.5, 0.6) is 5.75 Å². The van der Waals surface area contributed by atoms with Gasteiger partial charge in [-0.05, 0) is 18.6 Å². The van der Waals surface area contributed by atoms with Crippen LogP contribution in [0.2, 0.25) is 0 Å². The van der Waals surface area contributed by atoms with Crippen LogP contribution in [0.1, 0.15) is 19.4 Å². The first-order chi connectivity index (χ1) is 8.20. The predicted octanol–water partition coefficient (Wildman–Crippen LogP) is 2.39. The second kappa shape index (κ2) is 8.09. The summed E-state index contributed by atoms with van der Waals surface area (Å²) >= 11 is 0. The molecule has 1 rings (SSSR count). The molecule has 0 atom stereocenters. The molecule has 0 fully saturated rings. The number of ether oxygens (including phenoxy) is 2. The normalized spacial score (nSPS) is 10.8. The van der Waals surface area contributed by atoms with Crippen molar-refractivity contribution in [3.8, 4) is 5.75 Å². The number of para-hydroxylation sites is 1. The SMILES string of the molecule is Cc1ccccc1OCCOCCNC(C)C. The average Bonchev–Trinajstić information content (AvgIpc) is 2.30. The molecule has 1 aromatic rings. The van der Waals surface area contributed by atoms with Gasteiger partial charge >= 0.3 is 0 Å². The van der Waals surface area contributed by atoms with Crippen molar-refractivity contribution < 1.29 is 9.47 Å². The molecule has 0 spiro atoms. The van der Waals surface area contributed by atoms with E-state index in [2.05, 4.69) is 19.2 Å². The Morgan fingerprint density at radius 3 is 2.59 bits per heavy atom. The minimum absolute atomic E-state index is 0.516. The first-order valence-corrected chi connectivity index (χ1v) is 6.19. The van der Waals surface area contributed by atoms with Gasteiger partial charge in [-0.1, -0.05) is 32.0 Å². The third-order valence-corrected chi connectivity index (χ3v) is 2.38. The molecule has 0 bridgehead atoms. The zero-order valence-electron chi connectivity index (χ0n) is 11.0. The molecule has 3 nitrogen and oxygen atoms in total. The number of nitrogens with one attached hydrogen (secondary N) is 1. The summed E-state index contributed by atoms with van der Waals surface area (Å²) in [4.78, 5) is 0. The molecular weight excluding hydrogens is 214 g/mol. The van der Waals surface area contributed by atoms with Crippen molar-refractivity contribution in [2.75, 3.05) is 26.4 Å². The smallest absolute Gasteiger partial charge is 0.122 e. The van der Waals surface area contributed by atoms with E-state index < -0.39 is 0 Å². The molecule has 0 heterocycles. The highest BCUT2D eigenvalue weighted by atomic mass is 16.5. The molecule has 0 unspecified atom stereocenters. The molecule has 0 aromatic heterocycles. The Balaban J connectivity index is 2.03. The summed E-state index contributed by atoms with van der Waals surface area (Å²) in [6.07, 6.45) is 0. The van der Waals surface area contributed by atoms with Gasteiger partial charge in [0.1, 0.15) is 12.4 Å². The van der Waals surface area contributed by atoms with Gasteiger partial charge in [0.15, 0.2) is 0 Å². The maximum atomic E-state index is 5.62. The maximum Gasteiger partial charge on any atom is 0.122 e. The summed E-state index contributed by atoms with van der Waals surface area (Å²) in [5.41, 5.74) is 1.16. The van der Waals surface area contributed by atoms with Crippen LogP contribution < -0.4 is 10.1 Å². The van der Waals surface area contributed by atoms with Crippen LogP contribution in [0.4, 0.5) is 0 Å². The van der Waals surface area contributed by atoms with Gasteiger partial charge in [-0.25, -0.2) is 0 Å². The van der Waals surface area contributed by atoms with Gasteiger partial charge in [0.2, 0.25) is 0 Å². The Kier molecular flexibility index (Phi) is 6.67. The van der Waals surface area contributed by atoms with Gasteiger partial charge in [-0.3, -0.25) is 0 Å². The van der Waals surface area contributed by atoms with E-state index in [4.69, 9.17) is 9.47 Å². The fourth-order valence-corrected chi connectivity index (χ4v) is 1.45. The summed E-state index contributed by atoms with van der Waals surface area (Å²) in [6.45, 7) is 9.16. The second-order valence-electron chi connectivity index (χ2n) is 4.34. The van der Waals surface area contributed by atoms with Crippen molar-refractivity contribution in [1.29, 1.82) is 0 Å². The van der Waals surface area contributed by atoms with Gasteiger partial charge in [0, 0.05) is 12.6 Å². The quantitative estimate of drug-likeness (QED) is 0.704. The highest BCUT2D eigenvalue weighted by molar-refractivity contribution is 5.31. The van der Waals surface area contributed by atoms with Crippen LogP contribution in [0.15, 0.2) is 24.3 Å². The van der Waals surface area contributed by atoms with Crippen molar-refractivity contribution in [3.05, 3.63) is 29.8 Å². The van der Waals surface area contributed by atoms with Crippen LogP contribution in [-0.4, -0.2) is 32.4 Å². The van der Waals surface area contributed by atoms with Crippen LogP contribution in [0.3, 0.4) is 0 Å². The first kappa shape index (κ1) is 14.0. The van der Waals surface area contributed by atoms with E-state index in [0.29, 0.717) is 19.3 Å². The summed E-state index contributed by atoms with van der Waals surface area (Å²) in [5, 5.41) is 3.30. The minimum Gasteiger partial charge on any atom is -0.491 e. The van der Waals surface area contributed by atoms with Gasteiger partial charge in [0.05, 0.1) is 13.2 Å². The summed E-state index contributed by atoms with van der Waals surface area (Å²) in [6, 6.07) is 8.53. The predicted molar refractivity (Wildman–Crippen MR) is 70.6 cm³/mol. The summed E-state index contributed by atoms with van der Waals surface area (Å²) in [7, 11) is 0. The molecule has 17 heavy (non-hydrogen) atoms. The molecule has 1 aromatic carbocycles. The fourth-order valence-electron chi connectivity index (χ4n) is 1.45. The highest BCUT2D eigenvalue weighted by Gasteiger charge is 1.97. The van der Waals surface area contributed by atoms with Crippen molar-refractivity contribution in [3.63, 3.8) is 0 Å². The molecule has 0 saturated carbocycles. The Labute approximate surface area is 104 Å². The second-order valence-corrected chi connectivity index (χ2v) is 4.34. The Hall–Kier alpha value is -1.06. The van der Waals surface area contributed by atoms with Crippen molar-refractivity contribution in [2.45, 2.75) is 26.8 Å². The van der Waals surface area contributed by atoms with E-state index in [1.165, 1.54) is 0 Å². The molecule has 0 aliphatic carbocycles. The zero-order chi connectivity index (χ0) is 12.5. The maximum absolute atomic E-state index is 5.62. The Bertz CT molecular complexity index is 313. The minimum atomic E-state index is 0.516. The monoisotopic (exact) mass is 237 g/mol. The van der Waals surface area contributed by atoms with Gasteiger partial charge in [-0.15, -0.1) is 0 Å². The lowest BCUT2D eigenvalue weighted by molar-refractivity contribution is 0.101. The van der Waals surface area contributed by atoms with E-state index in [0.717, 1.165) is 24.5 Å². The Morgan fingerprint density at radius 2 is 1.88 bits per heavy atom. The molecule has 0 radical (unpaired) electrons. The molecule has 1 N–H and O–H groups in total. The lowest BCUT2D eigenvalue weighted by Crippen LogP contribution is -2.27. The van der Waals surface area contributed by atoms with E-state index in [1.807, 2.05) is 31.2 Å². The molecule has 3 heteroatoms. The number of hydrogen-bond acceptors (Lipinski definition) is 3. The van der Waals surface area contributed by atoms with Crippen LogP contribution >= 0.6 is 0 Å². The molecular formula is C14H23NO2. The van der Waals surface area contributed by atoms with E-state index in [9.17, 15) is 0 Å². The lowest BCUT2D eigenvalue weighted by atomic mass is 10.2. The summed E-state index contributed by atoms with van der Waals surface area (Å²) in [5.74, 6) is 0.941. The van der Waals surface area contributed by atoms with Gasteiger partial charge < -0.3 is 14.8 Å². The largest absolute Gasteiger partial charge is 0.491 e. The van der Waals surface area contributed by atoms with Crippen LogP contribution in [0.25, 0.3) is 0 Å². The standard InChI is InChI=1S/C14H23NO2/c1-12(2)15-8-9-16-10-11-17-14-7-5-4-6-13(14)3/h4-7,12,15H,8-11H2,1-3H3. The third kappa shape index (κ3) is 6.29. The van der Waals surface area contributed by atoms with Crippen LogP contribution in [-0.2, 0) is 4.74 Å². The first-order valence-electron chi connectivity index (χ1n) is 6.19. The van der Waals surface area contributed by atoms with E-state index in [1.54, 1.807) is 0 Å². The van der Waals surface area contributed by atoms with Crippen LogP contribution in [0, 0.1) is 6.92 Å². The molecule has 96 valence electrons. The van der Waals surface area contributed by atoms with Crippen molar-refractivity contribution in [2.24, 2.45) is 0 Å². The molecule has 0 aliphatic rings. The summed E-state index contributed by atoms with van der Waals surface area (Å²) < 4.78 is 11.1. The Morgan fingerprint density at radius 1 is 1.12 bits per heavy atom. The average molecular weight is 237 g/mol. The van der Waals surface area contributed by atoms with Crippen molar-refractivity contribution in [1.82, 2.24) is 5.32 Å². The molecule has 0 saturated heterocycles. The van der Waals surface area contributed by atoms with Gasteiger partial charge in [0.25, 0.3) is 0 Å². The molecule has 0 aliphatic heterocycles.